The number of sulfonamides is 1. The van der Waals surface area contributed by atoms with Gasteiger partial charge in [-0.3, -0.25) is 10.1 Å². The molecule has 6 nitrogen and oxygen atoms in total. The molecule has 2 N–H and O–H groups in total. The van der Waals surface area contributed by atoms with Crippen molar-refractivity contribution in [2.45, 2.75) is 4.90 Å². The second-order valence-electron chi connectivity index (χ2n) is 3.08. The van der Waals surface area contributed by atoms with Crippen molar-refractivity contribution < 1.29 is 13.3 Å². The molecular formula is C8H9BrN2O4S2. The van der Waals surface area contributed by atoms with Crippen molar-refractivity contribution >= 4 is 43.4 Å². The van der Waals surface area contributed by atoms with Gasteiger partial charge < -0.3 is 0 Å². The first-order valence-electron chi connectivity index (χ1n) is 4.37. The van der Waals surface area contributed by atoms with Crippen LogP contribution in [0.25, 0.3) is 0 Å². The van der Waals surface area contributed by atoms with E-state index < -0.39 is 14.9 Å². The van der Waals surface area contributed by atoms with Gasteiger partial charge in [-0.05, 0) is 12.1 Å². The van der Waals surface area contributed by atoms with Gasteiger partial charge in [0, 0.05) is 16.3 Å². The van der Waals surface area contributed by atoms with E-state index in [1.54, 1.807) is 12.1 Å². The predicted octanol–water partition coefficient (Wildman–Crippen LogP) is 1.74. The standard InChI is InChI=1S/C8H9BrN2O4S2/c9-6-1-2-8(7(5-6)11(12)13)16-3-4-17(10,14)15/h1-2,5H,3-4H2,(H2,10,14,15). The van der Waals surface area contributed by atoms with Crippen LogP contribution in [-0.2, 0) is 10.0 Å². The second kappa shape index (κ2) is 5.80. The third kappa shape index (κ3) is 5.02. The number of primary sulfonamides is 1. The summed E-state index contributed by atoms with van der Waals surface area (Å²) in [6, 6.07) is 4.60. The van der Waals surface area contributed by atoms with Gasteiger partial charge in [-0.1, -0.05) is 15.9 Å². The molecule has 0 amide bonds. The minimum Gasteiger partial charge on any atom is -0.258 e. The van der Waals surface area contributed by atoms with Crippen LogP contribution in [0.2, 0.25) is 0 Å². The number of nitro benzene ring substituents is 1. The summed E-state index contributed by atoms with van der Waals surface area (Å²) in [4.78, 5) is 10.7. The number of hydrogen-bond donors (Lipinski definition) is 1. The van der Waals surface area contributed by atoms with Crippen molar-refractivity contribution in [1.82, 2.24) is 0 Å². The van der Waals surface area contributed by atoms with Gasteiger partial charge in [-0.25, -0.2) is 13.6 Å². The van der Waals surface area contributed by atoms with Crippen molar-refractivity contribution in [1.29, 1.82) is 0 Å². The molecule has 0 heterocycles. The number of nitrogens with zero attached hydrogens (tertiary/aromatic N) is 1. The molecule has 0 unspecified atom stereocenters. The van der Waals surface area contributed by atoms with Crippen molar-refractivity contribution in [3.8, 4) is 0 Å². The number of benzene rings is 1. The lowest BCUT2D eigenvalue weighted by Gasteiger charge is -2.02. The summed E-state index contributed by atoms with van der Waals surface area (Å²) in [6.45, 7) is 0. The Morgan fingerprint density at radius 1 is 1.47 bits per heavy atom. The highest BCUT2D eigenvalue weighted by Gasteiger charge is 2.15. The van der Waals surface area contributed by atoms with Gasteiger partial charge in [-0.2, -0.15) is 0 Å². The van der Waals surface area contributed by atoms with E-state index in [4.69, 9.17) is 5.14 Å². The van der Waals surface area contributed by atoms with Crippen LogP contribution in [0.1, 0.15) is 0 Å². The molecule has 0 bridgehead atoms. The lowest BCUT2D eigenvalue weighted by atomic mass is 10.3. The van der Waals surface area contributed by atoms with Gasteiger partial charge in [0.05, 0.1) is 15.6 Å². The average molecular weight is 341 g/mol. The van der Waals surface area contributed by atoms with Crippen molar-refractivity contribution in [2.75, 3.05) is 11.5 Å². The number of nitrogens with two attached hydrogens (primary N) is 1. The molecule has 1 aromatic carbocycles. The third-order valence-electron chi connectivity index (χ3n) is 1.74. The number of halogens is 1. The van der Waals surface area contributed by atoms with Crippen LogP contribution in [0.15, 0.2) is 27.6 Å². The first kappa shape index (κ1) is 14.4. The van der Waals surface area contributed by atoms with Gasteiger partial charge in [0.1, 0.15) is 0 Å². The Bertz CT molecular complexity index is 532. The van der Waals surface area contributed by atoms with Crippen LogP contribution in [0, 0.1) is 10.1 Å². The molecule has 9 heteroatoms. The Morgan fingerprint density at radius 2 is 2.12 bits per heavy atom. The average Bonchev–Trinajstić information content (AvgIpc) is 2.18. The first-order chi connectivity index (χ1) is 7.79. The van der Waals surface area contributed by atoms with E-state index in [1.165, 1.54) is 6.07 Å². The van der Waals surface area contributed by atoms with Crippen LogP contribution in [0.4, 0.5) is 5.69 Å². The fourth-order valence-electron chi connectivity index (χ4n) is 1.02. The fourth-order valence-corrected chi connectivity index (χ4v) is 3.30. The zero-order chi connectivity index (χ0) is 13.1. The molecule has 0 aliphatic carbocycles. The van der Waals surface area contributed by atoms with Crippen LogP contribution < -0.4 is 5.14 Å². The van der Waals surface area contributed by atoms with E-state index in [-0.39, 0.29) is 17.2 Å². The largest absolute Gasteiger partial charge is 0.283 e. The quantitative estimate of drug-likeness (QED) is 0.499. The lowest BCUT2D eigenvalue weighted by Crippen LogP contribution is -2.17. The Morgan fingerprint density at radius 3 is 2.65 bits per heavy atom. The highest BCUT2D eigenvalue weighted by molar-refractivity contribution is 9.10. The Kier molecular flexibility index (Phi) is 4.92. The number of thioether (sulfide) groups is 1. The molecule has 1 rings (SSSR count). The van der Waals surface area contributed by atoms with E-state index in [0.717, 1.165) is 11.8 Å². The molecule has 0 radical (unpaired) electrons. The molecule has 0 saturated carbocycles. The normalized spacial score (nSPS) is 11.4. The number of rotatable bonds is 5. The lowest BCUT2D eigenvalue weighted by molar-refractivity contribution is -0.387. The molecule has 94 valence electrons. The van der Waals surface area contributed by atoms with Gasteiger partial charge in [0.15, 0.2) is 0 Å². The van der Waals surface area contributed by atoms with Gasteiger partial charge in [0.2, 0.25) is 10.0 Å². The topological polar surface area (TPSA) is 103 Å². The summed E-state index contributed by atoms with van der Waals surface area (Å²) in [5.74, 6) is -0.0355. The van der Waals surface area contributed by atoms with Gasteiger partial charge >= 0.3 is 0 Å². The second-order valence-corrected chi connectivity index (χ2v) is 6.87. The van der Waals surface area contributed by atoms with E-state index in [9.17, 15) is 18.5 Å². The molecule has 1 aromatic rings. The molecule has 0 spiro atoms. The number of nitro groups is 1. The predicted molar refractivity (Wildman–Crippen MR) is 69.5 cm³/mol. The maximum atomic E-state index is 10.8. The zero-order valence-corrected chi connectivity index (χ0v) is 11.7. The molecule has 0 fully saturated rings. The maximum absolute atomic E-state index is 10.8. The van der Waals surface area contributed by atoms with E-state index in [2.05, 4.69) is 15.9 Å². The minimum atomic E-state index is -3.54. The molecular weight excluding hydrogens is 332 g/mol. The van der Waals surface area contributed by atoms with Crippen LogP contribution >= 0.6 is 27.7 Å². The monoisotopic (exact) mass is 340 g/mol. The summed E-state index contributed by atoms with van der Waals surface area (Å²) in [5.41, 5.74) is -0.0567. The summed E-state index contributed by atoms with van der Waals surface area (Å²) >= 11 is 4.22. The summed E-state index contributed by atoms with van der Waals surface area (Å²) in [6.07, 6.45) is 0. The van der Waals surface area contributed by atoms with Crippen LogP contribution in [-0.4, -0.2) is 24.8 Å². The minimum absolute atomic E-state index is 0.0567. The number of hydrogen-bond acceptors (Lipinski definition) is 5. The Hall–Kier alpha value is -0.640. The van der Waals surface area contributed by atoms with Gasteiger partial charge in [0.25, 0.3) is 5.69 Å². The van der Waals surface area contributed by atoms with Crippen LogP contribution in [0.3, 0.4) is 0 Å². The summed E-state index contributed by atoms with van der Waals surface area (Å²) in [7, 11) is -3.54. The molecule has 0 aliphatic rings. The Balaban J connectivity index is 2.81. The SMILES string of the molecule is NS(=O)(=O)CCSc1ccc(Br)cc1[N+](=O)[O-]. The third-order valence-corrected chi connectivity index (χ3v) is 4.33. The molecule has 17 heavy (non-hydrogen) atoms. The first-order valence-corrected chi connectivity index (χ1v) is 7.86. The smallest absolute Gasteiger partial charge is 0.258 e. The fraction of sp³-hybridized carbons (Fsp3) is 0.250. The van der Waals surface area contributed by atoms with Crippen molar-refractivity contribution in [3.63, 3.8) is 0 Å². The van der Waals surface area contributed by atoms with E-state index in [1.807, 2.05) is 0 Å². The molecule has 0 saturated heterocycles. The van der Waals surface area contributed by atoms with Crippen molar-refractivity contribution in [3.05, 3.63) is 32.8 Å². The highest BCUT2D eigenvalue weighted by Crippen LogP contribution is 2.31. The highest BCUT2D eigenvalue weighted by atomic mass is 79.9. The van der Waals surface area contributed by atoms with E-state index in [0.29, 0.717) is 9.37 Å². The zero-order valence-electron chi connectivity index (χ0n) is 8.50. The Labute approximate surface area is 111 Å². The molecule has 0 aliphatic heterocycles. The van der Waals surface area contributed by atoms with E-state index >= 15 is 0 Å². The summed E-state index contributed by atoms with van der Waals surface area (Å²) < 4.78 is 22.0. The van der Waals surface area contributed by atoms with Crippen LogP contribution in [0.5, 0.6) is 0 Å². The summed E-state index contributed by atoms with van der Waals surface area (Å²) in [5, 5.41) is 15.6. The maximum Gasteiger partial charge on any atom is 0.283 e. The van der Waals surface area contributed by atoms with Crippen molar-refractivity contribution in [2.24, 2.45) is 5.14 Å². The molecule has 0 aromatic heterocycles. The van der Waals surface area contributed by atoms with Gasteiger partial charge in [-0.15, -0.1) is 11.8 Å². The molecule has 0 atom stereocenters.